The van der Waals surface area contributed by atoms with Crippen LogP contribution in [0.15, 0.2) is 66.9 Å². The van der Waals surface area contributed by atoms with Gasteiger partial charge in [-0.25, -0.2) is 0 Å². The Labute approximate surface area is 192 Å². The Morgan fingerprint density at radius 1 is 0.970 bits per heavy atom. The lowest BCUT2D eigenvalue weighted by Crippen LogP contribution is -2.23. The minimum atomic E-state index is -4.75. The van der Waals surface area contributed by atoms with Crippen molar-refractivity contribution < 1.29 is 27.4 Å². The van der Waals surface area contributed by atoms with Gasteiger partial charge in [-0.3, -0.25) is 9.78 Å². The average molecular weight is 476 g/mol. The van der Waals surface area contributed by atoms with E-state index in [-0.39, 0.29) is 22.5 Å². The van der Waals surface area contributed by atoms with Crippen LogP contribution in [-0.2, 0) is 0 Å². The summed E-state index contributed by atoms with van der Waals surface area (Å²) in [7, 11) is 0. The number of hydrogen-bond donors (Lipinski definition) is 3. The predicted molar refractivity (Wildman–Crippen MR) is 122 cm³/mol. The maximum atomic E-state index is 12.3. The summed E-state index contributed by atoms with van der Waals surface area (Å²) in [6.07, 6.45) is -3.27. The van der Waals surface area contributed by atoms with Gasteiger partial charge < -0.3 is 25.4 Å². The first kappa shape index (κ1) is 23.8. The zero-order valence-corrected chi connectivity index (χ0v) is 18.1. The van der Waals surface area contributed by atoms with Crippen molar-refractivity contribution in [3.8, 4) is 17.2 Å². The molecule has 0 saturated heterocycles. The molecule has 1 aromatic heterocycles. The number of ether oxygens (including phenoxy) is 2. The van der Waals surface area contributed by atoms with Crippen LogP contribution in [0.25, 0.3) is 0 Å². The molecule has 1 heterocycles. The topological polar surface area (TPSA) is 84.5 Å². The van der Waals surface area contributed by atoms with Gasteiger partial charge in [0.05, 0.1) is 0 Å². The quantitative estimate of drug-likeness (QED) is 0.398. The third-order valence-corrected chi connectivity index (χ3v) is 4.18. The third-order valence-electron chi connectivity index (χ3n) is 3.97. The Hall–Kier alpha value is -3.86. The van der Waals surface area contributed by atoms with E-state index < -0.39 is 6.36 Å². The van der Waals surface area contributed by atoms with Gasteiger partial charge in [-0.15, -0.1) is 13.2 Å². The Morgan fingerprint density at radius 3 is 2.36 bits per heavy atom. The maximum Gasteiger partial charge on any atom is 0.573 e. The summed E-state index contributed by atoms with van der Waals surface area (Å²) in [5, 5.41) is 8.73. The summed E-state index contributed by atoms with van der Waals surface area (Å²) in [6, 6.07) is 15.3. The second kappa shape index (κ2) is 10.6. The smallest absolute Gasteiger partial charge is 0.457 e. The Bertz CT molecular complexity index is 1120. The minimum Gasteiger partial charge on any atom is -0.457 e. The highest BCUT2D eigenvalue weighted by Crippen LogP contribution is 2.26. The number of anilines is 2. The van der Waals surface area contributed by atoms with E-state index >= 15 is 0 Å². The molecule has 0 aliphatic heterocycles. The standard InChI is InChI=1S/C22H19F3N4O3S/c1-2-26-20(30)19-13-18(10-11-27-19)31-17-5-3-4-15(12-17)29-21(33)28-14-6-8-16(9-7-14)32-22(23,24)25/h3-13H,2H2,1H3,(H,26,30)(H2,28,29,33). The molecule has 0 fully saturated rings. The highest BCUT2D eigenvalue weighted by molar-refractivity contribution is 7.80. The molecule has 0 atom stereocenters. The summed E-state index contributed by atoms with van der Waals surface area (Å²) in [6.45, 7) is 2.30. The van der Waals surface area contributed by atoms with Crippen molar-refractivity contribution in [2.75, 3.05) is 17.2 Å². The van der Waals surface area contributed by atoms with Crippen LogP contribution in [0.4, 0.5) is 24.5 Å². The van der Waals surface area contributed by atoms with E-state index in [9.17, 15) is 18.0 Å². The average Bonchev–Trinajstić information content (AvgIpc) is 2.75. The van der Waals surface area contributed by atoms with Crippen molar-refractivity contribution in [1.82, 2.24) is 10.3 Å². The first-order valence-electron chi connectivity index (χ1n) is 9.68. The van der Waals surface area contributed by atoms with E-state index in [1.807, 2.05) is 6.92 Å². The fourth-order valence-corrected chi connectivity index (χ4v) is 2.89. The first-order chi connectivity index (χ1) is 15.7. The van der Waals surface area contributed by atoms with Crippen LogP contribution < -0.4 is 25.4 Å². The predicted octanol–water partition coefficient (Wildman–Crippen LogP) is 5.33. The van der Waals surface area contributed by atoms with Crippen molar-refractivity contribution in [3.63, 3.8) is 0 Å². The summed E-state index contributed by atoms with van der Waals surface area (Å²) >= 11 is 5.26. The number of halogens is 3. The van der Waals surface area contributed by atoms with E-state index in [1.165, 1.54) is 36.5 Å². The van der Waals surface area contributed by atoms with Crippen LogP contribution in [0.2, 0.25) is 0 Å². The summed E-state index contributed by atoms with van der Waals surface area (Å²) in [5.74, 6) is 0.297. The number of carbonyl (C=O) groups is 1. The van der Waals surface area contributed by atoms with Gasteiger partial charge in [0.2, 0.25) is 0 Å². The van der Waals surface area contributed by atoms with Crippen molar-refractivity contribution >= 4 is 34.6 Å². The van der Waals surface area contributed by atoms with Gasteiger partial charge in [-0.1, -0.05) is 6.07 Å². The van der Waals surface area contributed by atoms with E-state index in [0.29, 0.717) is 29.4 Å². The molecule has 0 spiro atoms. The maximum absolute atomic E-state index is 12.3. The second-order valence-electron chi connectivity index (χ2n) is 6.52. The molecule has 0 aliphatic rings. The highest BCUT2D eigenvalue weighted by Gasteiger charge is 2.30. The Morgan fingerprint density at radius 2 is 1.67 bits per heavy atom. The van der Waals surface area contributed by atoms with E-state index in [1.54, 1.807) is 30.3 Å². The third kappa shape index (κ3) is 7.65. The van der Waals surface area contributed by atoms with Gasteiger partial charge in [0, 0.05) is 36.2 Å². The fourth-order valence-electron chi connectivity index (χ4n) is 2.66. The molecule has 0 radical (unpaired) electrons. The minimum absolute atomic E-state index is 0.221. The zero-order valence-electron chi connectivity index (χ0n) is 17.3. The number of carbonyl (C=O) groups excluding carboxylic acids is 1. The lowest BCUT2D eigenvalue weighted by molar-refractivity contribution is -0.274. The Balaban J connectivity index is 1.60. The first-order valence-corrected chi connectivity index (χ1v) is 10.1. The zero-order chi connectivity index (χ0) is 23.8. The van der Waals surface area contributed by atoms with Crippen molar-refractivity contribution in [2.24, 2.45) is 0 Å². The van der Waals surface area contributed by atoms with Crippen LogP contribution in [0, 0.1) is 0 Å². The fraction of sp³-hybridized carbons (Fsp3) is 0.136. The van der Waals surface area contributed by atoms with E-state index in [0.717, 1.165) is 0 Å². The van der Waals surface area contributed by atoms with Crippen LogP contribution in [0.3, 0.4) is 0 Å². The summed E-state index contributed by atoms with van der Waals surface area (Å²) in [4.78, 5) is 16.0. The van der Waals surface area contributed by atoms with E-state index in [2.05, 4.69) is 25.7 Å². The highest BCUT2D eigenvalue weighted by atomic mass is 32.1. The number of thiocarbonyl (C=S) groups is 1. The molecule has 0 saturated carbocycles. The number of hydrogen-bond acceptors (Lipinski definition) is 5. The van der Waals surface area contributed by atoms with Crippen molar-refractivity contribution in [2.45, 2.75) is 13.3 Å². The molecule has 33 heavy (non-hydrogen) atoms. The molecule has 0 bridgehead atoms. The second-order valence-corrected chi connectivity index (χ2v) is 6.93. The molecule has 2 aromatic carbocycles. The lowest BCUT2D eigenvalue weighted by atomic mass is 10.3. The SMILES string of the molecule is CCNC(=O)c1cc(Oc2cccc(NC(=S)Nc3ccc(OC(F)(F)F)cc3)c2)ccn1. The number of pyridine rings is 1. The van der Waals surface area contributed by atoms with Crippen LogP contribution in [0.5, 0.6) is 17.2 Å². The van der Waals surface area contributed by atoms with Gasteiger partial charge in [0.25, 0.3) is 5.91 Å². The van der Waals surface area contributed by atoms with E-state index in [4.69, 9.17) is 17.0 Å². The summed E-state index contributed by atoms with van der Waals surface area (Å²) < 4.78 is 46.4. The molecule has 11 heteroatoms. The van der Waals surface area contributed by atoms with Crippen molar-refractivity contribution in [1.29, 1.82) is 0 Å². The van der Waals surface area contributed by atoms with Gasteiger partial charge in [-0.05, 0) is 61.6 Å². The number of amides is 1. The van der Waals surface area contributed by atoms with Crippen LogP contribution >= 0.6 is 12.2 Å². The molecule has 3 N–H and O–H groups in total. The molecule has 3 aromatic rings. The number of aromatic nitrogens is 1. The molecule has 0 unspecified atom stereocenters. The van der Waals surface area contributed by atoms with Crippen LogP contribution in [-0.4, -0.2) is 28.9 Å². The lowest BCUT2D eigenvalue weighted by Gasteiger charge is -2.13. The molecule has 1 amide bonds. The summed E-state index contributed by atoms with van der Waals surface area (Å²) in [5.41, 5.74) is 1.32. The number of alkyl halides is 3. The van der Waals surface area contributed by atoms with Crippen LogP contribution in [0.1, 0.15) is 17.4 Å². The Kier molecular flexibility index (Phi) is 7.67. The monoisotopic (exact) mass is 476 g/mol. The number of nitrogens with one attached hydrogen (secondary N) is 3. The molecule has 7 nitrogen and oxygen atoms in total. The van der Waals surface area contributed by atoms with Gasteiger partial charge in [0.15, 0.2) is 5.11 Å². The molecular weight excluding hydrogens is 457 g/mol. The van der Waals surface area contributed by atoms with Gasteiger partial charge >= 0.3 is 6.36 Å². The van der Waals surface area contributed by atoms with Gasteiger partial charge in [-0.2, -0.15) is 0 Å². The van der Waals surface area contributed by atoms with Crippen molar-refractivity contribution in [3.05, 3.63) is 72.6 Å². The van der Waals surface area contributed by atoms with Gasteiger partial charge in [0.1, 0.15) is 22.9 Å². The molecule has 172 valence electrons. The molecule has 3 rings (SSSR count). The number of benzene rings is 2. The normalized spacial score (nSPS) is 10.8. The number of nitrogens with zero attached hydrogens (tertiary/aromatic N) is 1. The molecular formula is C22H19F3N4O3S. The largest absolute Gasteiger partial charge is 0.573 e. The number of rotatable bonds is 7. The molecule has 0 aliphatic carbocycles.